The molecule has 0 fully saturated rings. The standard InChI is InChI=1S/C16H24N2O/c1-5-10-18(4)11-12-19-16-8-6-15(7-9-16)13-17-14(2)3/h1,6-9,14,17H,10-13H2,2-4H3. The highest BCUT2D eigenvalue weighted by molar-refractivity contribution is 5.27. The van der Waals surface area contributed by atoms with E-state index in [1.54, 1.807) is 0 Å². The summed E-state index contributed by atoms with van der Waals surface area (Å²) in [5.74, 6) is 3.52. The average molecular weight is 260 g/mol. The minimum Gasteiger partial charge on any atom is -0.492 e. The number of terminal acetylenes is 1. The van der Waals surface area contributed by atoms with Crippen LogP contribution in [0.1, 0.15) is 19.4 Å². The monoisotopic (exact) mass is 260 g/mol. The van der Waals surface area contributed by atoms with Crippen LogP contribution in [-0.2, 0) is 6.54 Å². The number of hydrogen-bond acceptors (Lipinski definition) is 3. The molecule has 104 valence electrons. The van der Waals surface area contributed by atoms with Crippen LogP contribution in [0.4, 0.5) is 0 Å². The number of ether oxygens (including phenoxy) is 1. The third kappa shape index (κ3) is 6.85. The fourth-order valence-corrected chi connectivity index (χ4v) is 1.58. The van der Waals surface area contributed by atoms with Crippen LogP contribution in [0.15, 0.2) is 24.3 Å². The van der Waals surface area contributed by atoms with Gasteiger partial charge in [-0.05, 0) is 24.7 Å². The molecule has 0 atom stereocenters. The normalized spacial score (nSPS) is 10.7. The minimum atomic E-state index is 0.502. The summed E-state index contributed by atoms with van der Waals surface area (Å²) >= 11 is 0. The molecule has 3 heteroatoms. The van der Waals surface area contributed by atoms with Crippen LogP contribution in [0.3, 0.4) is 0 Å². The number of nitrogens with one attached hydrogen (secondary N) is 1. The molecule has 0 heterocycles. The van der Waals surface area contributed by atoms with Crippen LogP contribution in [0.5, 0.6) is 5.75 Å². The van der Waals surface area contributed by atoms with E-state index in [9.17, 15) is 0 Å². The molecule has 1 N–H and O–H groups in total. The maximum atomic E-state index is 5.67. The molecule has 19 heavy (non-hydrogen) atoms. The van der Waals surface area contributed by atoms with Gasteiger partial charge in [0, 0.05) is 19.1 Å². The van der Waals surface area contributed by atoms with E-state index in [2.05, 4.69) is 42.1 Å². The Kier molecular flexibility index (Phi) is 7.02. The molecule has 0 aliphatic carbocycles. The summed E-state index contributed by atoms with van der Waals surface area (Å²) in [6, 6.07) is 8.71. The maximum absolute atomic E-state index is 5.67. The van der Waals surface area contributed by atoms with Gasteiger partial charge in [0.25, 0.3) is 0 Å². The van der Waals surface area contributed by atoms with Gasteiger partial charge in [0.1, 0.15) is 12.4 Å². The first-order chi connectivity index (χ1) is 9.11. The zero-order valence-corrected chi connectivity index (χ0v) is 12.1. The molecule has 0 radical (unpaired) electrons. The Balaban J connectivity index is 2.30. The lowest BCUT2D eigenvalue weighted by atomic mass is 10.2. The van der Waals surface area contributed by atoms with Crippen molar-refractivity contribution in [2.45, 2.75) is 26.4 Å². The molecule has 0 bridgehead atoms. The van der Waals surface area contributed by atoms with E-state index in [1.807, 2.05) is 19.2 Å². The summed E-state index contributed by atoms with van der Waals surface area (Å²) in [5.41, 5.74) is 1.27. The van der Waals surface area contributed by atoms with Crippen LogP contribution >= 0.6 is 0 Å². The molecular weight excluding hydrogens is 236 g/mol. The zero-order chi connectivity index (χ0) is 14.1. The van der Waals surface area contributed by atoms with Crippen molar-refractivity contribution in [3.8, 4) is 18.1 Å². The van der Waals surface area contributed by atoms with Crippen LogP contribution in [-0.4, -0.2) is 37.7 Å². The summed E-state index contributed by atoms with van der Waals surface area (Å²) in [5, 5.41) is 3.39. The molecule has 0 saturated carbocycles. The molecule has 0 aromatic heterocycles. The van der Waals surface area contributed by atoms with E-state index < -0.39 is 0 Å². The summed E-state index contributed by atoms with van der Waals surface area (Å²) in [6.07, 6.45) is 5.24. The van der Waals surface area contributed by atoms with Crippen LogP contribution in [0, 0.1) is 12.3 Å². The van der Waals surface area contributed by atoms with Gasteiger partial charge in [0.15, 0.2) is 0 Å². The Morgan fingerprint density at radius 3 is 2.58 bits per heavy atom. The quantitative estimate of drug-likeness (QED) is 0.725. The Morgan fingerprint density at radius 1 is 1.32 bits per heavy atom. The van der Waals surface area contributed by atoms with Crippen LogP contribution < -0.4 is 10.1 Å². The summed E-state index contributed by atoms with van der Waals surface area (Å²) in [7, 11) is 1.99. The molecule has 0 aliphatic heterocycles. The highest BCUT2D eigenvalue weighted by Crippen LogP contribution is 2.12. The van der Waals surface area contributed by atoms with Gasteiger partial charge in [-0.2, -0.15) is 0 Å². The molecule has 0 spiro atoms. The third-order valence-electron chi connectivity index (χ3n) is 2.74. The lowest BCUT2D eigenvalue weighted by Crippen LogP contribution is -2.24. The molecule has 0 aliphatic rings. The smallest absolute Gasteiger partial charge is 0.119 e. The highest BCUT2D eigenvalue weighted by Gasteiger charge is 1.99. The zero-order valence-electron chi connectivity index (χ0n) is 12.1. The van der Waals surface area contributed by atoms with E-state index in [1.165, 1.54) is 5.56 Å². The molecule has 1 aromatic carbocycles. The highest BCUT2D eigenvalue weighted by atomic mass is 16.5. The second-order valence-corrected chi connectivity index (χ2v) is 4.97. The fourth-order valence-electron chi connectivity index (χ4n) is 1.58. The van der Waals surface area contributed by atoms with Crippen LogP contribution in [0.2, 0.25) is 0 Å². The first-order valence-corrected chi connectivity index (χ1v) is 6.69. The van der Waals surface area contributed by atoms with E-state index in [0.717, 1.165) is 18.8 Å². The van der Waals surface area contributed by atoms with Crippen LogP contribution in [0.25, 0.3) is 0 Å². The number of benzene rings is 1. The van der Waals surface area contributed by atoms with Gasteiger partial charge in [-0.25, -0.2) is 0 Å². The molecule has 1 rings (SSSR count). The minimum absolute atomic E-state index is 0.502. The predicted molar refractivity (Wildman–Crippen MR) is 80.2 cm³/mol. The van der Waals surface area contributed by atoms with E-state index in [-0.39, 0.29) is 0 Å². The Morgan fingerprint density at radius 2 is 2.00 bits per heavy atom. The Bertz CT molecular complexity index is 392. The van der Waals surface area contributed by atoms with Crippen molar-refractivity contribution in [1.29, 1.82) is 0 Å². The number of rotatable bonds is 8. The molecule has 0 saturated heterocycles. The van der Waals surface area contributed by atoms with Gasteiger partial charge in [0.05, 0.1) is 6.54 Å². The average Bonchev–Trinajstić information content (AvgIpc) is 2.38. The van der Waals surface area contributed by atoms with Crippen molar-refractivity contribution in [2.24, 2.45) is 0 Å². The topological polar surface area (TPSA) is 24.5 Å². The second-order valence-electron chi connectivity index (χ2n) is 4.97. The predicted octanol–water partition coefficient (Wildman–Crippen LogP) is 2.13. The first-order valence-electron chi connectivity index (χ1n) is 6.69. The molecule has 0 unspecified atom stereocenters. The van der Waals surface area contributed by atoms with Gasteiger partial charge in [-0.1, -0.05) is 31.9 Å². The second kappa shape index (κ2) is 8.58. The van der Waals surface area contributed by atoms with Crippen molar-refractivity contribution in [3.63, 3.8) is 0 Å². The molecule has 1 aromatic rings. The maximum Gasteiger partial charge on any atom is 0.119 e. The van der Waals surface area contributed by atoms with E-state index in [4.69, 9.17) is 11.2 Å². The van der Waals surface area contributed by atoms with Gasteiger partial charge in [0.2, 0.25) is 0 Å². The fraction of sp³-hybridized carbons (Fsp3) is 0.500. The first kappa shape index (κ1) is 15.6. The Labute approximate surface area is 117 Å². The lowest BCUT2D eigenvalue weighted by Gasteiger charge is -2.14. The van der Waals surface area contributed by atoms with Gasteiger partial charge < -0.3 is 10.1 Å². The van der Waals surface area contributed by atoms with Gasteiger partial charge in [-0.3, -0.25) is 4.90 Å². The van der Waals surface area contributed by atoms with Crippen molar-refractivity contribution in [1.82, 2.24) is 10.2 Å². The summed E-state index contributed by atoms with van der Waals surface area (Å²) in [4.78, 5) is 2.06. The van der Waals surface area contributed by atoms with Crippen molar-refractivity contribution >= 4 is 0 Å². The number of nitrogens with zero attached hydrogens (tertiary/aromatic N) is 1. The Hall–Kier alpha value is -1.50. The number of likely N-dealkylation sites (N-methyl/N-ethyl adjacent to an activating group) is 1. The molecule has 0 amide bonds. The largest absolute Gasteiger partial charge is 0.492 e. The van der Waals surface area contributed by atoms with Gasteiger partial charge in [-0.15, -0.1) is 6.42 Å². The SMILES string of the molecule is C#CCN(C)CCOc1ccc(CNC(C)C)cc1. The van der Waals surface area contributed by atoms with Gasteiger partial charge >= 0.3 is 0 Å². The lowest BCUT2D eigenvalue weighted by molar-refractivity contribution is 0.251. The van der Waals surface area contributed by atoms with E-state index in [0.29, 0.717) is 19.2 Å². The number of hydrogen-bond donors (Lipinski definition) is 1. The van der Waals surface area contributed by atoms with Crippen molar-refractivity contribution in [3.05, 3.63) is 29.8 Å². The summed E-state index contributed by atoms with van der Waals surface area (Å²) in [6.45, 7) is 7.32. The van der Waals surface area contributed by atoms with Crippen molar-refractivity contribution in [2.75, 3.05) is 26.7 Å². The third-order valence-corrected chi connectivity index (χ3v) is 2.74. The molecule has 3 nitrogen and oxygen atoms in total. The van der Waals surface area contributed by atoms with E-state index >= 15 is 0 Å². The summed E-state index contributed by atoms with van der Waals surface area (Å²) < 4.78 is 5.67. The molecular formula is C16H24N2O. The van der Waals surface area contributed by atoms with Crippen molar-refractivity contribution < 1.29 is 4.74 Å².